The van der Waals surface area contributed by atoms with Crippen LogP contribution >= 0.6 is 11.7 Å². The molecular weight excluding hydrogens is 218 g/mol. The van der Waals surface area contributed by atoms with Crippen molar-refractivity contribution in [3.8, 4) is 0 Å². The molecule has 0 fully saturated rings. The largest absolute Gasteiger partial charge is 0.481 e. The molecule has 1 aromatic heterocycles. The minimum atomic E-state index is -0.925. The molecule has 0 saturated carbocycles. The van der Waals surface area contributed by atoms with Gasteiger partial charge in [-0.1, -0.05) is 6.92 Å². The van der Waals surface area contributed by atoms with Gasteiger partial charge in [0.25, 0.3) is 5.91 Å². The van der Waals surface area contributed by atoms with Gasteiger partial charge >= 0.3 is 5.97 Å². The van der Waals surface area contributed by atoms with Crippen LogP contribution in [0.1, 0.15) is 17.4 Å². The molecule has 82 valence electrons. The zero-order valence-electron chi connectivity index (χ0n) is 8.38. The fourth-order valence-corrected chi connectivity index (χ4v) is 1.43. The number of nitrogens with zero attached hydrogens (tertiary/aromatic N) is 3. The maximum Gasteiger partial charge on any atom is 0.308 e. The van der Waals surface area contributed by atoms with E-state index in [9.17, 15) is 9.59 Å². The Hall–Kier alpha value is -1.50. The van der Waals surface area contributed by atoms with Crippen molar-refractivity contribution in [1.82, 2.24) is 13.6 Å². The third-order valence-electron chi connectivity index (χ3n) is 1.90. The first-order valence-corrected chi connectivity index (χ1v) is 5.01. The highest BCUT2D eigenvalue weighted by Gasteiger charge is 2.19. The highest BCUT2D eigenvalue weighted by atomic mass is 32.1. The van der Waals surface area contributed by atoms with Crippen molar-refractivity contribution in [2.45, 2.75) is 6.92 Å². The molecule has 1 N–H and O–H groups in total. The van der Waals surface area contributed by atoms with E-state index in [1.807, 2.05) is 0 Å². The smallest absolute Gasteiger partial charge is 0.308 e. The Morgan fingerprint density at radius 2 is 2.33 bits per heavy atom. The van der Waals surface area contributed by atoms with Crippen molar-refractivity contribution in [3.63, 3.8) is 0 Å². The van der Waals surface area contributed by atoms with Gasteiger partial charge < -0.3 is 10.0 Å². The van der Waals surface area contributed by atoms with Crippen LogP contribution in [0.2, 0.25) is 0 Å². The van der Waals surface area contributed by atoms with E-state index in [0.717, 1.165) is 11.7 Å². The van der Waals surface area contributed by atoms with Crippen molar-refractivity contribution >= 4 is 23.6 Å². The first-order valence-electron chi connectivity index (χ1n) is 4.28. The minimum Gasteiger partial charge on any atom is -0.481 e. The van der Waals surface area contributed by atoms with Crippen LogP contribution in [0, 0.1) is 5.92 Å². The molecule has 6 nitrogen and oxygen atoms in total. The molecule has 1 atom stereocenters. The van der Waals surface area contributed by atoms with Crippen molar-refractivity contribution in [2.75, 3.05) is 13.6 Å². The second-order valence-corrected chi connectivity index (χ2v) is 3.77. The topological polar surface area (TPSA) is 83.4 Å². The maximum atomic E-state index is 11.6. The van der Waals surface area contributed by atoms with Crippen LogP contribution in [0.3, 0.4) is 0 Å². The van der Waals surface area contributed by atoms with Gasteiger partial charge in [-0.2, -0.15) is 8.75 Å². The number of aromatic nitrogens is 2. The van der Waals surface area contributed by atoms with Crippen LogP contribution in [0.25, 0.3) is 0 Å². The summed E-state index contributed by atoms with van der Waals surface area (Å²) in [5.41, 5.74) is 0.250. The Morgan fingerprint density at radius 1 is 1.67 bits per heavy atom. The number of carbonyl (C=O) groups is 2. The van der Waals surface area contributed by atoms with Gasteiger partial charge in [0, 0.05) is 13.6 Å². The molecule has 0 bridgehead atoms. The third-order valence-corrected chi connectivity index (χ3v) is 2.37. The molecule has 0 saturated heterocycles. The van der Waals surface area contributed by atoms with E-state index >= 15 is 0 Å². The number of amides is 1. The predicted octanol–water partition coefficient (Wildman–Crippen LogP) is 0.331. The lowest BCUT2D eigenvalue weighted by molar-refractivity contribution is -0.141. The zero-order chi connectivity index (χ0) is 11.4. The molecule has 0 spiro atoms. The van der Waals surface area contributed by atoms with Crippen molar-refractivity contribution in [1.29, 1.82) is 0 Å². The Labute approximate surface area is 90.9 Å². The summed E-state index contributed by atoms with van der Waals surface area (Å²) in [7, 11) is 1.54. The number of carboxylic acids is 1. The third kappa shape index (κ3) is 2.98. The molecular formula is C8H11N3O3S. The quantitative estimate of drug-likeness (QED) is 0.804. The molecule has 7 heteroatoms. The van der Waals surface area contributed by atoms with Crippen LogP contribution in [-0.4, -0.2) is 44.2 Å². The van der Waals surface area contributed by atoms with Gasteiger partial charge in [0.1, 0.15) is 0 Å². The summed E-state index contributed by atoms with van der Waals surface area (Å²) in [6, 6.07) is 0. The molecule has 0 aliphatic carbocycles. The van der Waals surface area contributed by atoms with Gasteiger partial charge in [0.15, 0.2) is 5.69 Å². The van der Waals surface area contributed by atoms with Gasteiger partial charge in [-0.3, -0.25) is 9.59 Å². The van der Waals surface area contributed by atoms with Gasteiger partial charge in [-0.25, -0.2) is 0 Å². The summed E-state index contributed by atoms with van der Waals surface area (Å²) in [5, 5.41) is 8.68. The highest BCUT2D eigenvalue weighted by molar-refractivity contribution is 6.99. The average Bonchev–Trinajstić information content (AvgIpc) is 2.68. The van der Waals surface area contributed by atoms with Crippen LogP contribution < -0.4 is 0 Å². The van der Waals surface area contributed by atoms with Crippen molar-refractivity contribution in [2.24, 2.45) is 5.92 Å². The monoisotopic (exact) mass is 229 g/mol. The van der Waals surface area contributed by atoms with E-state index in [1.165, 1.54) is 11.1 Å². The van der Waals surface area contributed by atoms with Gasteiger partial charge in [0.2, 0.25) is 0 Å². The normalized spacial score (nSPS) is 12.1. The van der Waals surface area contributed by atoms with Crippen LogP contribution in [0.15, 0.2) is 6.20 Å². The first kappa shape index (κ1) is 11.6. The molecule has 1 rings (SSSR count). The SMILES string of the molecule is CC(CN(C)C(=O)c1cnsn1)C(=O)O. The Morgan fingerprint density at radius 3 is 2.80 bits per heavy atom. The molecule has 0 aliphatic rings. The van der Waals surface area contributed by atoms with Gasteiger partial charge in [-0.15, -0.1) is 0 Å². The summed E-state index contributed by atoms with van der Waals surface area (Å²) in [5.74, 6) is -1.83. The van der Waals surface area contributed by atoms with E-state index < -0.39 is 11.9 Å². The fourth-order valence-electron chi connectivity index (χ4n) is 1.03. The average molecular weight is 229 g/mol. The summed E-state index contributed by atoms with van der Waals surface area (Å²) in [6.45, 7) is 1.71. The Kier molecular flexibility index (Phi) is 3.73. The summed E-state index contributed by atoms with van der Waals surface area (Å²) in [6.07, 6.45) is 1.37. The second-order valence-electron chi connectivity index (χ2n) is 3.22. The lowest BCUT2D eigenvalue weighted by Crippen LogP contribution is -2.33. The van der Waals surface area contributed by atoms with E-state index in [1.54, 1.807) is 14.0 Å². The number of hydrogen-bond donors (Lipinski definition) is 1. The summed E-state index contributed by atoms with van der Waals surface area (Å²) in [4.78, 5) is 23.5. The van der Waals surface area contributed by atoms with Crippen molar-refractivity contribution < 1.29 is 14.7 Å². The molecule has 0 radical (unpaired) electrons. The fraction of sp³-hybridized carbons (Fsp3) is 0.500. The number of carbonyl (C=O) groups excluding carboxylic acids is 1. The number of hydrogen-bond acceptors (Lipinski definition) is 5. The molecule has 0 aromatic carbocycles. The van der Waals surface area contributed by atoms with E-state index in [4.69, 9.17) is 5.11 Å². The summed E-state index contributed by atoms with van der Waals surface area (Å²) >= 11 is 0.947. The number of rotatable bonds is 4. The van der Waals surface area contributed by atoms with Crippen LogP contribution in [0.4, 0.5) is 0 Å². The minimum absolute atomic E-state index is 0.158. The maximum absolute atomic E-state index is 11.6. The summed E-state index contributed by atoms with van der Waals surface area (Å²) < 4.78 is 7.49. The standard InChI is InChI=1S/C8H11N3O3S/c1-5(8(13)14)4-11(2)7(12)6-3-9-15-10-6/h3,5H,4H2,1-2H3,(H,13,14). The molecule has 1 unspecified atom stereocenters. The second kappa shape index (κ2) is 4.83. The number of carboxylic acid groups (broad SMARTS) is 1. The lowest BCUT2D eigenvalue weighted by atomic mass is 10.2. The highest BCUT2D eigenvalue weighted by Crippen LogP contribution is 2.04. The lowest BCUT2D eigenvalue weighted by Gasteiger charge is -2.17. The van der Waals surface area contributed by atoms with Crippen molar-refractivity contribution in [3.05, 3.63) is 11.9 Å². The van der Waals surface area contributed by atoms with Gasteiger partial charge in [-0.05, 0) is 0 Å². The molecule has 1 aromatic rings. The van der Waals surface area contributed by atoms with Crippen LogP contribution in [0.5, 0.6) is 0 Å². The molecule has 1 amide bonds. The van der Waals surface area contributed by atoms with E-state index in [2.05, 4.69) is 8.75 Å². The molecule has 15 heavy (non-hydrogen) atoms. The first-order chi connectivity index (χ1) is 7.02. The predicted molar refractivity (Wildman–Crippen MR) is 53.7 cm³/mol. The molecule has 0 aliphatic heterocycles. The number of aliphatic carboxylic acids is 1. The van der Waals surface area contributed by atoms with Crippen LogP contribution in [-0.2, 0) is 4.79 Å². The Balaban J connectivity index is 2.58. The molecule has 1 heterocycles. The zero-order valence-corrected chi connectivity index (χ0v) is 9.19. The van der Waals surface area contributed by atoms with Gasteiger partial charge in [0.05, 0.1) is 23.8 Å². The van der Waals surface area contributed by atoms with E-state index in [-0.39, 0.29) is 18.1 Å². The Bertz CT molecular complexity index is 352. The van der Waals surface area contributed by atoms with E-state index in [0.29, 0.717) is 0 Å².